The van der Waals surface area contributed by atoms with Crippen LogP contribution in [0.25, 0.3) is 0 Å². The zero-order valence-corrected chi connectivity index (χ0v) is 12.7. The second-order valence-electron chi connectivity index (χ2n) is 7.38. The molecule has 20 heavy (non-hydrogen) atoms. The molecule has 0 aromatic carbocycles. The average molecular weight is 278 g/mol. The number of nitrogens with two attached hydrogens (primary N) is 1. The van der Waals surface area contributed by atoms with Crippen LogP contribution in [0.4, 0.5) is 0 Å². The van der Waals surface area contributed by atoms with E-state index in [-0.39, 0.29) is 18.0 Å². The average Bonchev–Trinajstić information content (AvgIpc) is 2.49. The lowest BCUT2D eigenvalue weighted by Gasteiger charge is -2.39. The molecule has 0 spiro atoms. The van der Waals surface area contributed by atoms with Crippen LogP contribution < -0.4 is 11.1 Å². The summed E-state index contributed by atoms with van der Waals surface area (Å²) in [6.45, 7) is 0. The molecular formula is C17H30N2O. The molecule has 3 fully saturated rings. The van der Waals surface area contributed by atoms with Crippen molar-refractivity contribution in [2.75, 3.05) is 0 Å². The van der Waals surface area contributed by atoms with Gasteiger partial charge in [0.25, 0.3) is 0 Å². The normalized spacial score (nSPS) is 41.8. The van der Waals surface area contributed by atoms with Crippen molar-refractivity contribution in [1.29, 1.82) is 0 Å². The molecule has 3 rings (SSSR count). The molecule has 0 aromatic rings. The van der Waals surface area contributed by atoms with Gasteiger partial charge in [0.1, 0.15) is 0 Å². The van der Waals surface area contributed by atoms with E-state index < -0.39 is 0 Å². The van der Waals surface area contributed by atoms with Crippen LogP contribution >= 0.6 is 0 Å². The number of carbonyl (C=O) groups excluding carboxylic acids is 1. The van der Waals surface area contributed by atoms with Crippen molar-refractivity contribution in [3.05, 3.63) is 0 Å². The van der Waals surface area contributed by atoms with E-state index in [1.807, 2.05) is 0 Å². The van der Waals surface area contributed by atoms with Gasteiger partial charge in [-0.1, -0.05) is 38.5 Å². The number of amides is 1. The first kappa shape index (κ1) is 14.4. The molecule has 3 N–H and O–H groups in total. The molecule has 3 heteroatoms. The van der Waals surface area contributed by atoms with E-state index in [1.165, 1.54) is 44.9 Å². The highest BCUT2D eigenvalue weighted by molar-refractivity contribution is 5.79. The molecule has 114 valence electrons. The molecule has 5 atom stereocenters. The maximum absolute atomic E-state index is 12.5. The lowest BCUT2D eigenvalue weighted by Crippen LogP contribution is -2.51. The molecule has 3 aliphatic carbocycles. The van der Waals surface area contributed by atoms with Gasteiger partial charge in [-0.15, -0.1) is 0 Å². The van der Waals surface area contributed by atoms with Gasteiger partial charge in [0, 0.05) is 18.0 Å². The molecule has 1 amide bonds. The van der Waals surface area contributed by atoms with Gasteiger partial charge >= 0.3 is 0 Å². The van der Waals surface area contributed by atoms with E-state index in [9.17, 15) is 4.79 Å². The molecule has 3 nitrogen and oxygen atoms in total. The number of nitrogens with one attached hydrogen (secondary N) is 1. The van der Waals surface area contributed by atoms with Gasteiger partial charge in [-0.05, 0) is 43.9 Å². The summed E-state index contributed by atoms with van der Waals surface area (Å²) < 4.78 is 0. The first-order chi connectivity index (χ1) is 9.74. The van der Waals surface area contributed by atoms with Crippen molar-refractivity contribution in [1.82, 2.24) is 5.32 Å². The zero-order chi connectivity index (χ0) is 13.9. The SMILES string of the molecule is NC1CCCCC1NC(=O)C1CCC2CCCCC2C1. The summed E-state index contributed by atoms with van der Waals surface area (Å²) in [6.07, 6.45) is 13.7. The quantitative estimate of drug-likeness (QED) is 0.816. The molecule has 3 saturated carbocycles. The lowest BCUT2D eigenvalue weighted by atomic mass is 9.67. The fourth-order valence-corrected chi connectivity index (χ4v) is 4.75. The topological polar surface area (TPSA) is 55.1 Å². The molecule has 0 heterocycles. The summed E-state index contributed by atoms with van der Waals surface area (Å²) in [5, 5.41) is 3.27. The van der Waals surface area contributed by atoms with Crippen molar-refractivity contribution in [3.8, 4) is 0 Å². The molecule has 5 unspecified atom stereocenters. The summed E-state index contributed by atoms with van der Waals surface area (Å²) in [5.74, 6) is 2.32. The van der Waals surface area contributed by atoms with Crippen LogP contribution in [0.5, 0.6) is 0 Å². The smallest absolute Gasteiger partial charge is 0.223 e. The third-order valence-corrected chi connectivity index (χ3v) is 6.06. The van der Waals surface area contributed by atoms with Gasteiger partial charge < -0.3 is 11.1 Å². The van der Waals surface area contributed by atoms with Crippen LogP contribution in [0.3, 0.4) is 0 Å². The Kier molecular flexibility index (Phi) is 4.65. The second kappa shape index (κ2) is 6.46. The van der Waals surface area contributed by atoms with Crippen LogP contribution in [0.2, 0.25) is 0 Å². The third kappa shape index (κ3) is 3.19. The Morgan fingerprint density at radius 1 is 0.850 bits per heavy atom. The number of fused-ring (bicyclic) bond motifs is 1. The number of hydrogen-bond acceptors (Lipinski definition) is 2. The molecule has 0 radical (unpaired) electrons. The highest BCUT2D eigenvalue weighted by Gasteiger charge is 2.36. The Hall–Kier alpha value is -0.570. The lowest BCUT2D eigenvalue weighted by molar-refractivity contribution is -0.128. The van der Waals surface area contributed by atoms with E-state index in [1.54, 1.807) is 0 Å². The number of carbonyl (C=O) groups is 1. The highest BCUT2D eigenvalue weighted by atomic mass is 16.1. The first-order valence-corrected chi connectivity index (χ1v) is 8.80. The maximum atomic E-state index is 12.5. The van der Waals surface area contributed by atoms with Crippen molar-refractivity contribution in [2.24, 2.45) is 23.5 Å². The molecule has 0 saturated heterocycles. The molecule has 0 aromatic heterocycles. The van der Waals surface area contributed by atoms with Crippen LogP contribution in [0.1, 0.15) is 70.6 Å². The Labute approximate surface area is 123 Å². The minimum absolute atomic E-state index is 0.179. The van der Waals surface area contributed by atoms with Gasteiger partial charge in [-0.25, -0.2) is 0 Å². The zero-order valence-electron chi connectivity index (χ0n) is 12.7. The van der Waals surface area contributed by atoms with Gasteiger partial charge in [-0.3, -0.25) is 4.79 Å². The van der Waals surface area contributed by atoms with Crippen molar-refractivity contribution in [3.63, 3.8) is 0 Å². The van der Waals surface area contributed by atoms with Gasteiger partial charge in [0.05, 0.1) is 0 Å². The van der Waals surface area contributed by atoms with Crippen molar-refractivity contribution >= 4 is 5.91 Å². The van der Waals surface area contributed by atoms with Gasteiger partial charge in [0.2, 0.25) is 5.91 Å². The van der Waals surface area contributed by atoms with E-state index in [0.717, 1.165) is 37.5 Å². The predicted molar refractivity (Wildman–Crippen MR) is 81.2 cm³/mol. The van der Waals surface area contributed by atoms with Crippen LogP contribution in [0.15, 0.2) is 0 Å². The summed E-state index contributed by atoms with van der Waals surface area (Å²) in [7, 11) is 0. The fourth-order valence-electron chi connectivity index (χ4n) is 4.75. The van der Waals surface area contributed by atoms with E-state index in [4.69, 9.17) is 5.73 Å². The summed E-state index contributed by atoms with van der Waals surface area (Å²) in [5.41, 5.74) is 6.15. The van der Waals surface area contributed by atoms with Gasteiger partial charge in [-0.2, -0.15) is 0 Å². The Bertz CT molecular complexity index is 344. The number of rotatable bonds is 2. The Morgan fingerprint density at radius 3 is 2.35 bits per heavy atom. The minimum Gasteiger partial charge on any atom is -0.352 e. The standard InChI is InChI=1S/C17H30N2O/c18-15-7-3-4-8-16(15)19-17(20)14-10-9-12-5-1-2-6-13(12)11-14/h12-16H,1-11,18H2,(H,19,20). The highest BCUT2D eigenvalue weighted by Crippen LogP contribution is 2.42. The molecule has 3 aliphatic rings. The summed E-state index contributed by atoms with van der Waals surface area (Å²) >= 11 is 0. The van der Waals surface area contributed by atoms with Crippen molar-refractivity contribution in [2.45, 2.75) is 82.7 Å². The second-order valence-corrected chi connectivity index (χ2v) is 7.38. The minimum atomic E-state index is 0.179. The molecule has 0 aliphatic heterocycles. The maximum Gasteiger partial charge on any atom is 0.223 e. The van der Waals surface area contributed by atoms with Crippen LogP contribution in [-0.2, 0) is 4.79 Å². The van der Waals surface area contributed by atoms with Crippen molar-refractivity contribution < 1.29 is 4.79 Å². The van der Waals surface area contributed by atoms with Crippen LogP contribution in [0, 0.1) is 17.8 Å². The monoisotopic (exact) mass is 278 g/mol. The number of hydrogen-bond donors (Lipinski definition) is 2. The Morgan fingerprint density at radius 2 is 1.55 bits per heavy atom. The van der Waals surface area contributed by atoms with E-state index >= 15 is 0 Å². The van der Waals surface area contributed by atoms with Crippen LogP contribution in [-0.4, -0.2) is 18.0 Å². The van der Waals surface area contributed by atoms with E-state index in [0.29, 0.717) is 5.91 Å². The van der Waals surface area contributed by atoms with Gasteiger partial charge in [0.15, 0.2) is 0 Å². The first-order valence-electron chi connectivity index (χ1n) is 8.80. The van der Waals surface area contributed by atoms with E-state index in [2.05, 4.69) is 5.32 Å². The fraction of sp³-hybridized carbons (Fsp3) is 0.941. The Balaban J connectivity index is 1.52. The molecular weight excluding hydrogens is 248 g/mol. The molecule has 0 bridgehead atoms. The largest absolute Gasteiger partial charge is 0.352 e. The summed E-state index contributed by atoms with van der Waals surface area (Å²) in [6, 6.07) is 0.416. The third-order valence-electron chi connectivity index (χ3n) is 6.06. The summed E-state index contributed by atoms with van der Waals surface area (Å²) in [4.78, 5) is 12.5. The predicted octanol–water partition coefficient (Wildman–Crippen LogP) is 2.98.